The van der Waals surface area contributed by atoms with Crippen LogP contribution in [0.25, 0.3) is 11.3 Å². The topological polar surface area (TPSA) is 149 Å². The van der Waals surface area contributed by atoms with Gasteiger partial charge in [-0.1, -0.05) is 24.3 Å². The zero-order valence-corrected chi connectivity index (χ0v) is 22.6. The van der Waals surface area contributed by atoms with Crippen molar-refractivity contribution in [3.05, 3.63) is 84.2 Å². The maximum Gasteiger partial charge on any atom is 0.240 e. The average molecular weight is 558 g/mol. The number of nitrogens with zero attached hydrogens (tertiary/aromatic N) is 5. The molecule has 2 aliphatic carbocycles. The first-order valence-electron chi connectivity index (χ1n) is 13.0. The number of sulfonamides is 1. The van der Waals surface area contributed by atoms with Crippen molar-refractivity contribution in [2.45, 2.75) is 43.3 Å². The van der Waals surface area contributed by atoms with E-state index in [4.69, 9.17) is 4.74 Å². The van der Waals surface area contributed by atoms with Crippen LogP contribution in [-0.2, 0) is 33.1 Å². The Kier molecular flexibility index (Phi) is 6.62. The molecule has 6 rings (SSSR count). The molecule has 0 unspecified atom stereocenters. The van der Waals surface area contributed by atoms with Crippen LogP contribution in [0.2, 0.25) is 0 Å². The van der Waals surface area contributed by atoms with Crippen molar-refractivity contribution in [2.24, 2.45) is 0 Å². The summed E-state index contributed by atoms with van der Waals surface area (Å²) in [5.74, 6) is 0.837. The molecule has 12 heteroatoms. The first kappa shape index (κ1) is 25.8. The molecule has 3 aromatic heterocycles. The predicted molar refractivity (Wildman–Crippen MR) is 148 cm³/mol. The second-order valence-electron chi connectivity index (χ2n) is 9.88. The molecule has 1 amide bonds. The van der Waals surface area contributed by atoms with Gasteiger partial charge in [0.15, 0.2) is 0 Å². The number of rotatable bonds is 9. The third-order valence-electron chi connectivity index (χ3n) is 7.04. The van der Waals surface area contributed by atoms with Gasteiger partial charge in [-0.3, -0.25) is 14.5 Å². The largest absolute Gasteiger partial charge is 0.477 e. The van der Waals surface area contributed by atoms with Gasteiger partial charge in [0.2, 0.25) is 21.8 Å². The Bertz CT molecular complexity index is 1650. The van der Waals surface area contributed by atoms with Gasteiger partial charge in [0.05, 0.1) is 29.9 Å². The monoisotopic (exact) mass is 557 g/mol. The molecule has 0 spiro atoms. The van der Waals surface area contributed by atoms with Gasteiger partial charge < -0.3 is 10.1 Å². The Morgan fingerprint density at radius 1 is 0.975 bits per heavy atom. The highest BCUT2D eigenvalue weighted by Crippen LogP contribution is 2.40. The summed E-state index contributed by atoms with van der Waals surface area (Å²) < 4.78 is 33.1. The van der Waals surface area contributed by atoms with E-state index in [1.807, 2.05) is 31.2 Å². The third kappa shape index (κ3) is 5.09. The maximum absolute atomic E-state index is 14.0. The van der Waals surface area contributed by atoms with Gasteiger partial charge >= 0.3 is 0 Å². The summed E-state index contributed by atoms with van der Waals surface area (Å²) in [6.45, 7) is 2.35. The molecule has 11 nitrogen and oxygen atoms in total. The van der Waals surface area contributed by atoms with E-state index in [2.05, 4.69) is 35.0 Å². The molecule has 0 radical (unpaired) electrons. The molecule has 0 atom stereocenters. The zero-order valence-electron chi connectivity index (χ0n) is 21.7. The highest BCUT2D eigenvalue weighted by molar-refractivity contribution is 7.93. The van der Waals surface area contributed by atoms with E-state index >= 15 is 0 Å². The Morgan fingerprint density at radius 3 is 2.42 bits per heavy atom. The van der Waals surface area contributed by atoms with Crippen LogP contribution in [0.5, 0.6) is 5.88 Å². The van der Waals surface area contributed by atoms with Crippen LogP contribution < -0.4 is 14.8 Å². The molecule has 204 valence electrons. The standard InChI is InChI=1S/C28H27N7O4S/c1-2-39-25-17-29-16-22(32-25)20-7-10-23(31-15-20)34-27(36)28(13-18-5-3-4-6-19(18)14-28)26-30-12-11-24(33-26)35-40(37,38)21-8-9-21/h3-7,10-12,15-17,21H,2,8-9,13-14H2,1H3,(H,30,33,35)(H,31,34,36). The van der Waals surface area contributed by atoms with E-state index in [9.17, 15) is 13.2 Å². The molecule has 0 bridgehead atoms. The Hall–Kier alpha value is -4.45. The summed E-state index contributed by atoms with van der Waals surface area (Å²) in [6, 6.07) is 12.8. The molecule has 0 aliphatic heterocycles. The molecule has 40 heavy (non-hydrogen) atoms. The van der Waals surface area contributed by atoms with Gasteiger partial charge in [0, 0.05) is 18.0 Å². The lowest BCUT2D eigenvalue weighted by atomic mass is 9.82. The SMILES string of the molecule is CCOc1cncc(-c2ccc(NC(=O)C3(c4nccc(NS(=O)(=O)C5CC5)n4)Cc4ccccc4C3)nc2)n1. The van der Waals surface area contributed by atoms with Crippen LogP contribution in [0, 0.1) is 0 Å². The van der Waals surface area contributed by atoms with Crippen LogP contribution in [0.1, 0.15) is 36.7 Å². The highest BCUT2D eigenvalue weighted by atomic mass is 32.2. The van der Waals surface area contributed by atoms with E-state index in [1.165, 1.54) is 12.3 Å². The number of benzene rings is 1. The zero-order chi connectivity index (χ0) is 27.7. The minimum absolute atomic E-state index is 0.151. The number of pyridine rings is 1. The highest BCUT2D eigenvalue weighted by Gasteiger charge is 2.48. The Labute approximate surface area is 231 Å². The van der Waals surface area contributed by atoms with Crippen LogP contribution >= 0.6 is 0 Å². The lowest BCUT2D eigenvalue weighted by Gasteiger charge is -2.26. The van der Waals surface area contributed by atoms with Gasteiger partial charge in [-0.2, -0.15) is 0 Å². The molecule has 1 fully saturated rings. The number of aromatic nitrogens is 5. The van der Waals surface area contributed by atoms with Crippen LogP contribution in [-0.4, -0.2) is 51.1 Å². The normalized spacial score (nSPS) is 15.7. The van der Waals surface area contributed by atoms with E-state index in [0.717, 1.165) is 11.1 Å². The van der Waals surface area contributed by atoms with E-state index < -0.39 is 20.7 Å². The quantitative estimate of drug-likeness (QED) is 0.316. The maximum atomic E-state index is 14.0. The van der Waals surface area contributed by atoms with Crippen molar-refractivity contribution in [3.63, 3.8) is 0 Å². The number of ether oxygens (including phenoxy) is 1. The summed E-state index contributed by atoms with van der Waals surface area (Å²) in [7, 11) is -3.52. The first-order chi connectivity index (χ1) is 19.4. The summed E-state index contributed by atoms with van der Waals surface area (Å²) in [6.07, 6.45) is 8.24. The number of hydrogen-bond acceptors (Lipinski definition) is 9. The number of hydrogen-bond donors (Lipinski definition) is 2. The molecule has 1 aromatic carbocycles. The predicted octanol–water partition coefficient (Wildman–Crippen LogP) is 3.31. The van der Waals surface area contributed by atoms with E-state index in [0.29, 0.717) is 55.2 Å². The van der Waals surface area contributed by atoms with Crippen molar-refractivity contribution < 1.29 is 17.9 Å². The fourth-order valence-corrected chi connectivity index (χ4v) is 6.18. The van der Waals surface area contributed by atoms with Gasteiger partial charge in [-0.05, 0) is 61.9 Å². The van der Waals surface area contributed by atoms with Gasteiger partial charge in [0.25, 0.3) is 0 Å². The van der Waals surface area contributed by atoms with Gasteiger partial charge in [-0.15, -0.1) is 0 Å². The molecule has 4 aromatic rings. The second kappa shape index (κ2) is 10.3. The molecular weight excluding hydrogens is 530 g/mol. The number of carbonyl (C=O) groups excluding carboxylic acids is 1. The third-order valence-corrected chi connectivity index (χ3v) is 8.88. The second-order valence-corrected chi connectivity index (χ2v) is 11.8. The molecule has 2 N–H and O–H groups in total. The molecule has 1 saturated carbocycles. The molecule has 2 aliphatic rings. The minimum atomic E-state index is -3.52. The number of anilines is 2. The summed E-state index contributed by atoms with van der Waals surface area (Å²) in [4.78, 5) is 36.0. The number of amides is 1. The fraction of sp³-hybridized carbons (Fsp3) is 0.286. The average Bonchev–Trinajstić information content (AvgIpc) is 3.75. The lowest BCUT2D eigenvalue weighted by Crippen LogP contribution is -2.43. The smallest absolute Gasteiger partial charge is 0.240 e. The van der Waals surface area contributed by atoms with Crippen LogP contribution in [0.4, 0.5) is 11.6 Å². The fourth-order valence-electron chi connectivity index (χ4n) is 4.85. The number of nitrogens with one attached hydrogen (secondary N) is 2. The summed E-state index contributed by atoms with van der Waals surface area (Å²) in [5.41, 5.74) is 2.19. The van der Waals surface area contributed by atoms with Crippen LogP contribution in [0.3, 0.4) is 0 Å². The van der Waals surface area contributed by atoms with Gasteiger partial charge in [0.1, 0.15) is 22.9 Å². The lowest BCUT2D eigenvalue weighted by molar-refractivity contribution is -0.121. The molecular formula is C28H27N7O4S. The minimum Gasteiger partial charge on any atom is -0.477 e. The van der Waals surface area contributed by atoms with Crippen molar-refractivity contribution in [1.29, 1.82) is 0 Å². The number of fused-ring (bicyclic) bond motifs is 1. The van der Waals surface area contributed by atoms with Crippen molar-refractivity contribution in [3.8, 4) is 17.1 Å². The van der Waals surface area contributed by atoms with E-state index in [-0.39, 0.29) is 17.5 Å². The van der Waals surface area contributed by atoms with Gasteiger partial charge in [-0.25, -0.2) is 28.4 Å². The Balaban J connectivity index is 1.28. The van der Waals surface area contributed by atoms with Crippen molar-refractivity contribution >= 4 is 27.6 Å². The van der Waals surface area contributed by atoms with Crippen molar-refractivity contribution in [2.75, 3.05) is 16.6 Å². The van der Waals surface area contributed by atoms with E-state index in [1.54, 1.807) is 30.7 Å². The van der Waals surface area contributed by atoms with Crippen molar-refractivity contribution in [1.82, 2.24) is 24.9 Å². The first-order valence-corrected chi connectivity index (χ1v) is 14.6. The Morgan fingerprint density at radius 2 is 1.75 bits per heavy atom. The summed E-state index contributed by atoms with van der Waals surface area (Å²) >= 11 is 0. The molecule has 3 heterocycles. The molecule has 0 saturated heterocycles. The van der Waals surface area contributed by atoms with Crippen LogP contribution in [0.15, 0.2) is 67.3 Å². The summed E-state index contributed by atoms with van der Waals surface area (Å²) in [5, 5.41) is 2.53. The number of carbonyl (C=O) groups is 1.